The normalized spacial score (nSPS) is 28.0. The Kier molecular flexibility index (Phi) is 7.25. The van der Waals surface area contributed by atoms with E-state index in [1.165, 1.54) is 38.5 Å². The molecule has 0 aliphatic heterocycles. The van der Waals surface area contributed by atoms with Crippen LogP contribution in [0.3, 0.4) is 0 Å². The summed E-state index contributed by atoms with van der Waals surface area (Å²) in [6.45, 7) is 11.1. The Morgan fingerprint density at radius 1 is 1.17 bits per heavy atom. The fourth-order valence-electron chi connectivity index (χ4n) is 2.94. The molecule has 0 heterocycles. The molecule has 0 spiro atoms. The van der Waals surface area contributed by atoms with E-state index < -0.39 is 0 Å². The smallest absolute Gasteiger partial charge is 0.0779 e. The van der Waals surface area contributed by atoms with E-state index in [2.05, 4.69) is 33.0 Å². The first-order valence-corrected chi connectivity index (χ1v) is 8.03. The standard InChI is InChI=1S/C16H33NO/c1-5-12-17-13-16(4,7-3)18-15-11-9-8-10-14(15)6-2/h14-15,17H,5-13H2,1-4H3. The first-order valence-electron chi connectivity index (χ1n) is 8.03. The average molecular weight is 255 g/mol. The molecule has 1 saturated carbocycles. The molecular weight excluding hydrogens is 222 g/mol. The zero-order valence-corrected chi connectivity index (χ0v) is 12.9. The maximum absolute atomic E-state index is 6.52. The van der Waals surface area contributed by atoms with E-state index in [9.17, 15) is 0 Å². The lowest BCUT2D eigenvalue weighted by atomic mass is 9.84. The number of ether oxygens (including phenoxy) is 1. The highest BCUT2D eigenvalue weighted by molar-refractivity contribution is 4.83. The van der Waals surface area contributed by atoms with Crippen LogP contribution in [0.2, 0.25) is 0 Å². The Balaban J connectivity index is 2.48. The van der Waals surface area contributed by atoms with E-state index in [4.69, 9.17) is 4.74 Å². The second kappa shape index (κ2) is 8.16. The molecule has 0 aromatic carbocycles. The maximum Gasteiger partial charge on any atom is 0.0779 e. The topological polar surface area (TPSA) is 21.3 Å². The number of hydrogen-bond acceptors (Lipinski definition) is 2. The Bertz CT molecular complexity index is 219. The van der Waals surface area contributed by atoms with Gasteiger partial charge in [-0.25, -0.2) is 0 Å². The molecule has 2 heteroatoms. The molecule has 18 heavy (non-hydrogen) atoms. The molecular formula is C16H33NO. The van der Waals surface area contributed by atoms with Crippen molar-refractivity contribution in [2.75, 3.05) is 13.1 Å². The SMILES string of the molecule is CCCNCC(C)(CC)OC1CCCCC1CC. The Morgan fingerprint density at radius 2 is 1.89 bits per heavy atom. The zero-order valence-electron chi connectivity index (χ0n) is 12.9. The van der Waals surface area contributed by atoms with Crippen molar-refractivity contribution in [1.29, 1.82) is 0 Å². The lowest BCUT2D eigenvalue weighted by Crippen LogP contribution is -2.45. The van der Waals surface area contributed by atoms with E-state index >= 15 is 0 Å². The second-order valence-corrected chi connectivity index (χ2v) is 6.09. The van der Waals surface area contributed by atoms with Crippen molar-refractivity contribution in [2.24, 2.45) is 5.92 Å². The van der Waals surface area contributed by atoms with E-state index in [1.54, 1.807) is 0 Å². The van der Waals surface area contributed by atoms with Crippen LogP contribution < -0.4 is 5.32 Å². The van der Waals surface area contributed by atoms with Crippen molar-refractivity contribution in [3.8, 4) is 0 Å². The molecule has 1 rings (SSSR count). The number of hydrogen-bond donors (Lipinski definition) is 1. The predicted molar refractivity (Wildman–Crippen MR) is 79.0 cm³/mol. The predicted octanol–water partition coefficient (Wildman–Crippen LogP) is 4.14. The van der Waals surface area contributed by atoms with Gasteiger partial charge in [-0.3, -0.25) is 0 Å². The largest absolute Gasteiger partial charge is 0.370 e. The first-order chi connectivity index (χ1) is 8.65. The summed E-state index contributed by atoms with van der Waals surface area (Å²) in [5, 5.41) is 3.52. The van der Waals surface area contributed by atoms with Crippen LogP contribution >= 0.6 is 0 Å². The average Bonchev–Trinajstić information content (AvgIpc) is 2.40. The molecule has 1 aliphatic carbocycles. The molecule has 3 atom stereocenters. The first kappa shape index (κ1) is 16.0. The van der Waals surface area contributed by atoms with Gasteiger partial charge in [0.05, 0.1) is 11.7 Å². The highest BCUT2D eigenvalue weighted by Gasteiger charge is 2.32. The van der Waals surface area contributed by atoms with Gasteiger partial charge in [-0.1, -0.05) is 40.0 Å². The lowest BCUT2D eigenvalue weighted by Gasteiger charge is -2.39. The highest BCUT2D eigenvalue weighted by Crippen LogP contribution is 2.32. The van der Waals surface area contributed by atoms with Gasteiger partial charge in [-0.05, 0) is 45.1 Å². The fraction of sp³-hybridized carbons (Fsp3) is 1.00. The van der Waals surface area contributed by atoms with Crippen LogP contribution in [0.25, 0.3) is 0 Å². The molecule has 0 aromatic rings. The molecule has 108 valence electrons. The summed E-state index contributed by atoms with van der Waals surface area (Å²) in [6.07, 6.45) is 9.44. The van der Waals surface area contributed by atoms with Crippen LogP contribution in [-0.2, 0) is 4.74 Å². The van der Waals surface area contributed by atoms with Crippen LogP contribution in [-0.4, -0.2) is 24.8 Å². The van der Waals surface area contributed by atoms with E-state index in [0.717, 1.165) is 25.4 Å². The highest BCUT2D eigenvalue weighted by atomic mass is 16.5. The Labute approximate surface area is 114 Å². The zero-order chi connectivity index (χ0) is 13.4. The minimum atomic E-state index is 0.0184. The quantitative estimate of drug-likeness (QED) is 0.658. The molecule has 0 aromatic heterocycles. The Morgan fingerprint density at radius 3 is 2.50 bits per heavy atom. The van der Waals surface area contributed by atoms with Crippen molar-refractivity contribution >= 4 is 0 Å². The molecule has 0 radical (unpaired) electrons. The molecule has 1 fully saturated rings. The lowest BCUT2D eigenvalue weighted by molar-refractivity contribution is -0.118. The van der Waals surface area contributed by atoms with Crippen LogP contribution in [0.15, 0.2) is 0 Å². The molecule has 0 amide bonds. The van der Waals surface area contributed by atoms with Gasteiger partial charge in [-0.15, -0.1) is 0 Å². The van der Waals surface area contributed by atoms with Crippen LogP contribution in [0.4, 0.5) is 0 Å². The van der Waals surface area contributed by atoms with E-state index in [1.807, 2.05) is 0 Å². The third-order valence-electron chi connectivity index (χ3n) is 4.47. The van der Waals surface area contributed by atoms with Crippen molar-refractivity contribution in [3.63, 3.8) is 0 Å². The summed E-state index contributed by atoms with van der Waals surface area (Å²) < 4.78 is 6.52. The van der Waals surface area contributed by atoms with E-state index in [-0.39, 0.29) is 5.60 Å². The van der Waals surface area contributed by atoms with Crippen LogP contribution in [0.1, 0.15) is 72.6 Å². The molecule has 1 N–H and O–H groups in total. The van der Waals surface area contributed by atoms with Gasteiger partial charge in [0, 0.05) is 6.54 Å². The second-order valence-electron chi connectivity index (χ2n) is 6.09. The summed E-state index contributed by atoms with van der Waals surface area (Å²) in [7, 11) is 0. The summed E-state index contributed by atoms with van der Waals surface area (Å²) in [5.74, 6) is 0.788. The summed E-state index contributed by atoms with van der Waals surface area (Å²) in [6, 6.07) is 0. The Hall–Kier alpha value is -0.0800. The monoisotopic (exact) mass is 255 g/mol. The van der Waals surface area contributed by atoms with Crippen LogP contribution in [0.5, 0.6) is 0 Å². The van der Waals surface area contributed by atoms with Crippen LogP contribution in [0, 0.1) is 5.92 Å². The van der Waals surface area contributed by atoms with Crippen molar-refractivity contribution in [1.82, 2.24) is 5.32 Å². The minimum Gasteiger partial charge on any atom is -0.370 e. The maximum atomic E-state index is 6.52. The summed E-state index contributed by atoms with van der Waals surface area (Å²) >= 11 is 0. The number of nitrogens with one attached hydrogen (secondary N) is 1. The van der Waals surface area contributed by atoms with Gasteiger partial charge in [-0.2, -0.15) is 0 Å². The van der Waals surface area contributed by atoms with Crippen molar-refractivity contribution < 1.29 is 4.74 Å². The van der Waals surface area contributed by atoms with Gasteiger partial charge in [0.2, 0.25) is 0 Å². The molecule has 2 nitrogen and oxygen atoms in total. The third kappa shape index (κ3) is 4.89. The number of rotatable bonds is 8. The van der Waals surface area contributed by atoms with Gasteiger partial charge in [0.15, 0.2) is 0 Å². The van der Waals surface area contributed by atoms with E-state index in [0.29, 0.717) is 6.10 Å². The third-order valence-corrected chi connectivity index (χ3v) is 4.47. The summed E-state index contributed by atoms with van der Waals surface area (Å²) in [5.41, 5.74) is 0.0184. The van der Waals surface area contributed by atoms with Crippen molar-refractivity contribution in [2.45, 2.75) is 84.3 Å². The fourth-order valence-corrected chi connectivity index (χ4v) is 2.94. The molecule has 1 aliphatic rings. The van der Waals surface area contributed by atoms with Gasteiger partial charge in [0.1, 0.15) is 0 Å². The molecule has 3 unspecified atom stereocenters. The summed E-state index contributed by atoms with van der Waals surface area (Å²) in [4.78, 5) is 0. The molecule has 0 saturated heterocycles. The van der Waals surface area contributed by atoms with Gasteiger partial charge >= 0.3 is 0 Å². The molecule has 0 bridgehead atoms. The minimum absolute atomic E-state index is 0.0184. The van der Waals surface area contributed by atoms with Gasteiger partial charge in [0.25, 0.3) is 0 Å². The van der Waals surface area contributed by atoms with Gasteiger partial charge < -0.3 is 10.1 Å². The van der Waals surface area contributed by atoms with Crippen molar-refractivity contribution in [3.05, 3.63) is 0 Å².